The molecule has 0 amide bonds. The first kappa shape index (κ1) is 20.4. The van der Waals surface area contributed by atoms with E-state index in [-0.39, 0.29) is 16.2 Å². The number of sulfonamides is 1. The lowest BCUT2D eigenvalue weighted by Gasteiger charge is -2.12. The van der Waals surface area contributed by atoms with Crippen molar-refractivity contribution in [1.29, 1.82) is 0 Å². The Morgan fingerprint density at radius 2 is 1.75 bits per heavy atom. The second kappa shape index (κ2) is 6.93. The van der Waals surface area contributed by atoms with Gasteiger partial charge in [0.2, 0.25) is 5.76 Å². The highest BCUT2D eigenvalue weighted by Gasteiger charge is 2.37. The number of aryl methyl sites for hydroxylation is 4. The summed E-state index contributed by atoms with van der Waals surface area (Å²) in [5, 5.41) is 3.46. The van der Waals surface area contributed by atoms with Crippen LogP contribution in [-0.2, 0) is 16.2 Å². The molecule has 1 N–H and O–H groups in total. The van der Waals surface area contributed by atoms with Gasteiger partial charge in [0.1, 0.15) is 10.6 Å². The van der Waals surface area contributed by atoms with E-state index in [4.69, 9.17) is 0 Å². The zero-order chi connectivity index (χ0) is 20.9. The Kier molecular flexibility index (Phi) is 5.05. The number of nitrogens with one attached hydrogen (secondary N) is 1. The number of hydrogen-bond donors (Lipinski definition) is 1. The largest absolute Gasteiger partial charge is 0.452 e. The van der Waals surface area contributed by atoms with Crippen LogP contribution in [0.2, 0.25) is 0 Å². The van der Waals surface area contributed by atoms with Crippen LogP contribution in [0.1, 0.15) is 26.6 Å². The average Bonchev–Trinajstić information content (AvgIpc) is 3.14. The Labute approximate surface area is 164 Å². The molecule has 5 nitrogen and oxygen atoms in total. The molecule has 0 aliphatic carbocycles. The molecule has 3 aromatic rings. The number of thiophene rings is 1. The molecule has 0 fully saturated rings. The van der Waals surface area contributed by atoms with E-state index >= 15 is 0 Å². The van der Waals surface area contributed by atoms with Crippen molar-refractivity contribution in [2.45, 2.75) is 38.8 Å². The van der Waals surface area contributed by atoms with Crippen LogP contribution in [-0.4, -0.2) is 13.6 Å². The Balaban J connectivity index is 2.12. The minimum Gasteiger partial charge on any atom is -0.351 e. The summed E-state index contributed by atoms with van der Waals surface area (Å²) >= 11 is 1.17. The third-order valence-electron chi connectivity index (χ3n) is 4.16. The smallest absolute Gasteiger partial charge is 0.351 e. The number of alkyl halides is 3. The van der Waals surface area contributed by atoms with Gasteiger partial charge in [-0.3, -0.25) is 4.72 Å². The summed E-state index contributed by atoms with van der Waals surface area (Å²) in [7, 11) is -4.07. The second-order valence-corrected chi connectivity index (χ2v) is 9.46. The molecule has 3 rings (SSSR count). The Morgan fingerprint density at radius 3 is 2.36 bits per heavy atom. The van der Waals surface area contributed by atoms with Crippen LogP contribution in [0.25, 0.3) is 11.3 Å². The summed E-state index contributed by atoms with van der Waals surface area (Å²) in [6.45, 7) is 6.82. The van der Waals surface area contributed by atoms with E-state index in [9.17, 15) is 21.6 Å². The van der Waals surface area contributed by atoms with Crippen LogP contribution in [0.4, 0.5) is 18.9 Å². The van der Waals surface area contributed by atoms with Gasteiger partial charge in [0, 0.05) is 21.4 Å². The summed E-state index contributed by atoms with van der Waals surface area (Å²) < 4.78 is 71.7. The first-order chi connectivity index (χ1) is 12.9. The molecule has 10 heteroatoms. The summed E-state index contributed by atoms with van der Waals surface area (Å²) in [4.78, 5) is 0.876. The van der Waals surface area contributed by atoms with Gasteiger partial charge in [0.25, 0.3) is 10.0 Å². The minimum absolute atomic E-state index is 0.0991. The van der Waals surface area contributed by atoms with E-state index in [1.54, 1.807) is 32.9 Å². The van der Waals surface area contributed by atoms with Crippen molar-refractivity contribution in [2.24, 2.45) is 0 Å². The van der Waals surface area contributed by atoms with E-state index in [0.717, 1.165) is 11.1 Å². The maximum absolute atomic E-state index is 13.1. The Morgan fingerprint density at radius 1 is 1.07 bits per heavy atom. The maximum Gasteiger partial charge on any atom is 0.452 e. The van der Waals surface area contributed by atoms with Gasteiger partial charge in [-0.2, -0.15) is 13.2 Å². The number of halogens is 3. The van der Waals surface area contributed by atoms with E-state index < -0.39 is 22.0 Å². The number of rotatable bonds is 4. The average molecular weight is 430 g/mol. The van der Waals surface area contributed by atoms with E-state index in [1.807, 2.05) is 13.0 Å². The Hall–Kier alpha value is -2.33. The molecule has 0 saturated heterocycles. The molecule has 28 heavy (non-hydrogen) atoms. The van der Waals surface area contributed by atoms with Crippen LogP contribution < -0.4 is 4.72 Å². The lowest BCUT2D eigenvalue weighted by molar-refractivity contribution is -0.155. The summed E-state index contributed by atoms with van der Waals surface area (Å²) in [5.41, 5.74) is 1.94. The number of nitrogens with zero attached hydrogens (tertiary/aromatic N) is 1. The third-order valence-corrected chi connectivity index (χ3v) is 6.84. The molecule has 2 aromatic heterocycles. The molecular weight excluding hydrogens is 413 g/mol. The zero-order valence-corrected chi connectivity index (χ0v) is 17.1. The predicted molar refractivity (Wildman–Crippen MR) is 101 cm³/mol. The van der Waals surface area contributed by atoms with Gasteiger partial charge in [-0.05, 0) is 44.9 Å². The lowest BCUT2D eigenvalue weighted by atomic mass is 10.1. The van der Waals surface area contributed by atoms with Gasteiger partial charge in [-0.1, -0.05) is 17.3 Å². The molecule has 0 atom stereocenters. The van der Waals surface area contributed by atoms with Gasteiger partial charge in [-0.25, -0.2) is 8.42 Å². The standard InChI is InChI=1S/C18H17F3N2O3S2/c1-9-5-6-10(2)13(7-9)23-28(24,25)17-12(4)27-11(3)16(17)14-8-15(26-22-14)18(19,20)21/h5-8,23H,1-4H3. The highest BCUT2D eigenvalue weighted by molar-refractivity contribution is 7.93. The highest BCUT2D eigenvalue weighted by Crippen LogP contribution is 2.41. The monoisotopic (exact) mass is 430 g/mol. The first-order valence-corrected chi connectivity index (χ1v) is 10.4. The fourth-order valence-corrected chi connectivity index (χ4v) is 5.85. The van der Waals surface area contributed by atoms with Crippen LogP contribution >= 0.6 is 11.3 Å². The second-order valence-electron chi connectivity index (χ2n) is 6.42. The zero-order valence-electron chi connectivity index (χ0n) is 15.4. The van der Waals surface area contributed by atoms with Crippen LogP contribution in [0.5, 0.6) is 0 Å². The normalized spacial score (nSPS) is 12.4. The van der Waals surface area contributed by atoms with Crippen molar-refractivity contribution >= 4 is 27.0 Å². The maximum atomic E-state index is 13.1. The molecule has 0 aliphatic rings. The minimum atomic E-state index is -4.71. The SMILES string of the molecule is Cc1ccc(C)c(NS(=O)(=O)c2c(C)sc(C)c2-c2cc(C(F)(F)F)on2)c1. The van der Waals surface area contributed by atoms with Gasteiger partial charge in [-0.15, -0.1) is 11.3 Å². The number of benzene rings is 1. The molecule has 0 radical (unpaired) electrons. The van der Waals surface area contributed by atoms with Crippen LogP contribution in [0, 0.1) is 27.7 Å². The molecular formula is C18H17F3N2O3S2. The van der Waals surface area contributed by atoms with Crippen LogP contribution in [0.15, 0.2) is 33.7 Å². The summed E-state index contributed by atoms with van der Waals surface area (Å²) in [6.07, 6.45) is -4.71. The van der Waals surface area contributed by atoms with E-state index in [1.165, 1.54) is 11.3 Å². The van der Waals surface area contributed by atoms with Gasteiger partial charge >= 0.3 is 6.18 Å². The molecule has 0 spiro atoms. The topological polar surface area (TPSA) is 72.2 Å². The third kappa shape index (κ3) is 3.79. The van der Waals surface area contributed by atoms with Crippen molar-refractivity contribution in [2.75, 3.05) is 4.72 Å². The number of aromatic nitrogens is 1. The predicted octanol–water partition coefficient (Wildman–Crippen LogP) is 5.46. The molecule has 0 unspecified atom stereocenters. The molecule has 0 aliphatic heterocycles. The fraction of sp³-hybridized carbons (Fsp3) is 0.278. The Bertz CT molecular complexity index is 1150. The van der Waals surface area contributed by atoms with Gasteiger partial charge in [0.15, 0.2) is 0 Å². The highest BCUT2D eigenvalue weighted by atomic mass is 32.2. The van der Waals surface area contributed by atoms with Crippen molar-refractivity contribution < 1.29 is 26.1 Å². The van der Waals surface area contributed by atoms with Gasteiger partial charge in [0.05, 0.1) is 5.69 Å². The number of hydrogen-bond acceptors (Lipinski definition) is 5. The van der Waals surface area contributed by atoms with E-state index in [0.29, 0.717) is 21.5 Å². The molecule has 0 bridgehead atoms. The number of anilines is 1. The molecule has 0 saturated carbocycles. The van der Waals surface area contributed by atoms with Crippen molar-refractivity contribution in [3.63, 3.8) is 0 Å². The fourth-order valence-electron chi connectivity index (χ4n) is 2.85. The van der Waals surface area contributed by atoms with E-state index in [2.05, 4.69) is 14.4 Å². The molecule has 2 heterocycles. The van der Waals surface area contributed by atoms with Crippen LogP contribution in [0.3, 0.4) is 0 Å². The summed E-state index contributed by atoms with van der Waals surface area (Å²) in [5.74, 6) is -1.28. The van der Waals surface area contributed by atoms with Crippen molar-refractivity contribution in [3.8, 4) is 11.3 Å². The van der Waals surface area contributed by atoms with Crippen molar-refractivity contribution in [1.82, 2.24) is 5.16 Å². The lowest BCUT2D eigenvalue weighted by Crippen LogP contribution is -2.15. The quantitative estimate of drug-likeness (QED) is 0.597. The molecule has 150 valence electrons. The molecule has 1 aromatic carbocycles. The van der Waals surface area contributed by atoms with Crippen molar-refractivity contribution in [3.05, 3.63) is 50.9 Å². The summed E-state index contributed by atoms with van der Waals surface area (Å²) in [6, 6.07) is 6.05. The van der Waals surface area contributed by atoms with Gasteiger partial charge < -0.3 is 4.52 Å². The first-order valence-electron chi connectivity index (χ1n) is 8.14.